The van der Waals surface area contributed by atoms with Gasteiger partial charge in [0.25, 0.3) is 0 Å². The van der Waals surface area contributed by atoms with Gasteiger partial charge in [-0.1, -0.05) is 11.6 Å². The second kappa shape index (κ2) is 4.37. The van der Waals surface area contributed by atoms with Crippen LogP contribution in [0.4, 0.5) is 0 Å². The van der Waals surface area contributed by atoms with E-state index in [1.165, 1.54) is 11.8 Å². The smallest absolute Gasteiger partial charge is 0.423 e. The van der Waals surface area contributed by atoms with Crippen molar-refractivity contribution >= 4 is 35.9 Å². The van der Waals surface area contributed by atoms with Gasteiger partial charge in [0, 0.05) is 9.92 Å². The van der Waals surface area contributed by atoms with Crippen LogP contribution in [-0.4, -0.2) is 23.4 Å². The molecular formula is C8H10BClO2S. The summed E-state index contributed by atoms with van der Waals surface area (Å²) in [4.78, 5) is 0.874. The van der Waals surface area contributed by atoms with E-state index in [1.54, 1.807) is 12.1 Å². The molecule has 0 aromatic heterocycles. The van der Waals surface area contributed by atoms with Crippen LogP contribution in [0.3, 0.4) is 0 Å². The van der Waals surface area contributed by atoms with E-state index in [4.69, 9.17) is 21.6 Å². The van der Waals surface area contributed by atoms with Gasteiger partial charge in [0.1, 0.15) is 0 Å². The average molecular weight is 216 g/mol. The Hall–Kier alpha value is -0.155. The third kappa shape index (κ3) is 2.41. The summed E-state index contributed by atoms with van der Waals surface area (Å²) in [5.74, 6) is 0. The minimum atomic E-state index is -1.46. The molecule has 0 amide bonds. The van der Waals surface area contributed by atoms with Crippen LogP contribution < -0.4 is 5.46 Å². The van der Waals surface area contributed by atoms with Crippen LogP contribution in [0.15, 0.2) is 17.0 Å². The molecule has 0 radical (unpaired) electrons. The Balaban J connectivity index is 3.29. The molecule has 13 heavy (non-hydrogen) atoms. The van der Waals surface area contributed by atoms with Crippen molar-refractivity contribution in [2.75, 3.05) is 6.26 Å². The molecule has 5 heteroatoms. The zero-order valence-corrected chi connectivity index (χ0v) is 8.99. The second-order valence-electron chi connectivity index (χ2n) is 2.72. The average Bonchev–Trinajstić information content (AvgIpc) is 2.02. The Morgan fingerprint density at radius 3 is 2.46 bits per heavy atom. The molecule has 0 aliphatic heterocycles. The Bertz CT molecular complexity index is 317. The fourth-order valence-corrected chi connectivity index (χ4v) is 2.29. The van der Waals surface area contributed by atoms with Crippen LogP contribution in [0.25, 0.3) is 0 Å². The Morgan fingerprint density at radius 2 is 2.00 bits per heavy atom. The van der Waals surface area contributed by atoms with Crippen molar-refractivity contribution < 1.29 is 10.0 Å². The van der Waals surface area contributed by atoms with Crippen LogP contribution in [-0.2, 0) is 0 Å². The fraction of sp³-hybridized carbons (Fsp3) is 0.250. The molecule has 0 aliphatic carbocycles. The molecular weight excluding hydrogens is 206 g/mol. The largest absolute Gasteiger partial charge is 0.489 e. The maximum atomic E-state index is 9.07. The minimum Gasteiger partial charge on any atom is -0.423 e. The lowest BCUT2D eigenvalue weighted by atomic mass is 9.79. The van der Waals surface area contributed by atoms with Crippen LogP contribution in [0, 0.1) is 6.92 Å². The molecule has 0 unspecified atom stereocenters. The Kier molecular flexibility index (Phi) is 3.68. The summed E-state index contributed by atoms with van der Waals surface area (Å²) in [6.45, 7) is 1.89. The quantitative estimate of drug-likeness (QED) is 0.573. The zero-order valence-electron chi connectivity index (χ0n) is 7.41. The summed E-state index contributed by atoms with van der Waals surface area (Å²) in [6.07, 6.45) is 1.89. The van der Waals surface area contributed by atoms with Gasteiger partial charge in [-0.2, -0.15) is 0 Å². The van der Waals surface area contributed by atoms with E-state index in [-0.39, 0.29) is 0 Å². The highest BCUT2D eigenvalue weighted by Crippen LogP contribution is 2.21. The number of rotatable bonds is 2. The van der Waals surface area contributed by atoms with Gasteiger partial charge < -0.3 is 10.0 Å². The van der Waals surface area contributed by atoms with E-state index in [2.05, 4.69) is 0 Å². The van der Waals surface area contributed by atoms with E-state index < -0.39 is 7.12 Å². The van der Waals surface area contributed by atoms with Gasteiger partial charge in [-0.05, 0) is 36.3 Å². The van der Waals surface area contributed by atoms with E-state index in [0.29, 0.717) is 10.5 Å². The molecule has 70 valence electrons. The first-order chi connectivity index (χ1) is 6.06. The summed E-state index contributed by atoms with van der Waals surface area (Å²) in [5, 5.41) is 18.7. The van der Waals surface area contributed by atoms with Crippen LogP contribution in [0.5, 0.6) is 0 Å². The van der Waals surface area contributed by atoms with E-state index in [0.717, 1.165) is 10.5 Å². The monoisotopic (exact) mass is 216 g/mol. The molecule has 1 rings (SSSR count). The molecule has 2 N–H and O–H groups in total. The maximum Gasteiger partial charge on any atom is 0.489 e. The number of halogens is 1. The van der Waals surface area contributed by atoms with Crippen molar-refractivity contribution in [2.24, 2.45) is 0 Å². The van der Waals surface area contributed by atoms with E-state index in [9.17, 15) is 0 Å². The Labute approximate surface area is 87.1 Å². The van der Waals surface area contributed by atoms with Crippen molar-refractivity contribution in [2.45, 2.75) is 11.8 Å². The lowest BCUT2D eigenvalue weighted by Gasteiger charge is -2.10. The lowest BCUT2D eigenvalue weighted by molar-refractivity contribution is 0.425. The molecule has 1 aromatic rings. The molecule has 0 saturated carbocycles. The molecule has 0 aliphatic rings. The molecule has 1 aromatic carbocycles. The van der Waals surface area contributed by atoms with Crippen molar-refractivity contribution in [1.29, 1.82) is 0 Å². The molecule has 0 spiro atoms. The maximum absolute atomic E-state index is 9.07. The first kappa shape index (κ1) is 10.9. The summed E-state index contributed by atoms with van der Waals surface area (Å²) < 4.78 is 0. The Morgan fingerprint density at radius 1 is 1.38 bits per heavy atom. The molecule has 2 nitrogen and oxygen atoms in total. The molecule has 0 atom stereocenters. The van der Waals surface area contributed by atoms with Gasteiger partial charge in [0.05, 0.1) is 0 Å². The normalized spacial score (nSPS) is 10.2. The third-order valence-corrected chi connectivity index (χ3v) is 2.93. The van der Waals surface area contributed by atoms with Gasteiger partial charge >= 0.3 is 7.12 Å². The van der Waals surface area contributed by atoms with Crippen LogP contribution in [0.2, 0.25) is 5.02 Å². The number of aryl methyl sites for hydroxylation is 1. The summed E-state index contributed by atoms with van der Waals surface area (Å²) in [5.41, 5.74) is 1.43. The predicted molar refractivity (Wildman–Crippen MR) is 57.8 cm³/mol. The third-order valence-electron chi connectivity index (χ3n) is 1.75. The topological polar surface area (TPSA) is 40.5 Å². The van der Waals surface area contributed by atoms with E-state index >= 15 is 0 Å². The van der Waals surface area contributed by atoms with Gasteiger partial charge in [-0.15, -0.1) is 11.8 Å². The fourth-order valence-electron chi connectivity index (χ4n) is 1.23. The van der Waals surface area contributed by atoms with Gasteiger partial charge in [-0.3, -0.25) is 0 Å². The highest BCUT2D eigenvalue weighted by atomic mass is 35.5. The van der Waals surface area contributed by atoms with Gasteiger partial charge in [0.15, 0.2) is 0 Å². The molecule has 0 bridgehead atoms. The summed E-state index contributed by atoms with van der Waals surface area (Å²) >= 11 is 7.27. The summed E-state index contributed by atoms with van der Waals surface area (Å²) in [7, 11) is -1.46. The molecule has 0 heterocycles. The van der Waals surface area contributed by atoms with Gasteiger partial charge in [0.2, 0.25) is 0 Å². The predicted octanol–water partition coefficient (Wildman–Crippen LogP) is 1.05. The standard InChI is InChI=1S/C8H10BClO2S/c1-5-3-6(10)4-7(9(11)12)8(5)13-2/h3-4,11-12H,1-2H3. The lowest BCUT2D eigenvalue weighted by Crippen LogP contribution is -2.32. The molecule has 0 fully saturated rings. The van der Waals surface area contributed by atoms with Crippen molar-refractivity contribution in [3.05, 3.63) is 22.7 Å². The SMILES string of the molecule is CSc1c(C)cc(Cl)cc1B(O)O. The minimum absolute atomic E-state index is 0.470. The first-order valence-electron chi connectivity index (χ1n) is 3.76. The van der Waals surface area contributed by atoms with Crippen molar-refractivity contribution in [3.8, 4) is 0 Å². The van der Waals surface area contributed by atoms with Crippen LogP contribution in [0.1, 0.15) is 5.56 Å². The number of benzene rings is 1. The van der Waals surface area contributed by atoms with E-state index in [1.807, 2.05) is 13.2 Å². The number of hydrogen-bond acceptors (Lipinski definition) is 3. The zero-order chi connectivity index (χ0) is 10.0. The number of thioether (sulfide) groups is 1. The van der Waals surface area contributed by atoms with Crippen LogP contribution >= 0.6 is 23.4 Å². The highest BCUT2D eigenvalue weighted by Gasteiger charge is 2.17. The summed E-state index contributed by atoms with van der Waals surface area (Å²) in [6, 6.07) is 3.38. The second-order valence-corrected chi connectivity index (χ2v) is 3.97. The van der Waals surface area contributed by atoms with Gasteiger partial charge in [-0.25, -0.2) is 0 Å². The molecule has 0 saturated heterocycles. The van der Waals surface area contributed by atoms with Crippen molar-refractivity contribution in [3.63, 3.8) is 0 Å². The number of hydrogen-bond donors (Lipinski definition) is 2. The van der Waals surface area contributed by atoms with Crippen molar-refractivity contribution in [1.82, 2.24) is 0 Å². The first-order valence-corrected chi connectivity index (χ1v) is 5.36. The highest BCUT2D eigenvalue weighted by molar-refractivity contribution is 7.98.